The summed E-state index contributed by atoms with van der Waals surface area (Å²) in [6.45, 7) is 8.06. The summed E-state index contributed by atoms with van der Waals surface area (Å²) >= 11 is 0. The second kappa shape index (κ2) is 7.25. The molecule has 2 N–H and O–H groups in total. The number of aromatic nitrogens is 3. The fourth-order valence-electron chi connectivity index (χ4n) is 2.23. The molecule has 0 bridgehead atoms. The van der Waals surface area contributed by atoms with Crippen LogP contribution in [-0.2, 0) is 17.6 Å². The lowest BCUT2D eigenvalue weighted by molar-refractivity contribution is -0.117. The van der Waals surface area contributed by atoms with Gasteiger partial charge in [-0.1, -0.05) is 13.8 Å². The summed E-state index contributed by atoms with van der Waals surface area (Å²) in [5.41, 5.74) is 1.80. The lowest BCUT2D eigenvalue weighted by atomic mass is 10.2. The maximum atomic E-state index is 12.0. The standard InChI is InChI=1S/C13H22N6O/c1-3-10-11(4-2)17-18-13(15-10)16-12(20)9-19-7-5-14-6-8-19/h14H,3-9H2,1-2H3,(H,15,16,18,20). The van der Waals surface area contributed by atoms with Crippen molar-refractivity contribution < 1.29 is 4.79 Å². The number of amides is 1. The summed E-state index contributed by atoms with van der Waals surface area (Å²) in [5.74, 6) is 0.221. The van der Waals surface area contributed by atoms with Crippen LogP contribution in [0.4, 0.5) is 5.95 Å². The molecule has 7 nitrogen and oxygen atoms in total. The SMILES string of the molecule is CCc1nnc(NC(=O)CN2CCNCC2)nc1CC. The molecule has 0 aromatic carbocycles. The number of aryl methyl sites for hydroxylation is 2. The molecule has 1 fully saturated rings. The van der Waals surface area contributed by atoms with Crippen molar-refractivity contribution in [3.63, 3.8) is 0 Å². The largest absolute Gasteiger partial charge is 0.314 e. The fraction of sp³-hybridized carbons (Fsp3) is 0.692. The van der Waals surface area contributed by atoms with Gasteiger partial charge >= 0.3 is 0 Å². The van der Waals surface area contributed by atoms with Gasteiger partial charge in [-0.2, -0.15) is 0 Å². The third kappa shape index (κ3) is 3.94. The van der Waals surface area contributed by atoms with E-state index in [2.05, 4.69) is 30.7 Å². The Balaban J connectivity index is 1.93. The van der Waals surface area contributed by atoms with Crippen molar-refractivity contribution in [2.75, 3.05) is 38.0 Å². The molecule has 0 atom stereocenters. The zero-order valence-corrected chi connectivity index (χ0v) is 12.1. The van der Waals surface area contributed by atoms with E-state index in [1.165, 1.54) is 0 Å². The Kier molecular flexibility index (Phi) is 5.37. The number of carbonyl (C=O) groups is 1. The lowest BCUT2D eigenvalue weighted by Crippen LogP contribution is -2.46. The molecular formula is C13H22N6O. The van der Waals surface area contributed by atoms with Crippen LogP contribution in [0.15, 0.2) is 0 Å². The van der Waals surface area contributed by atoms with E-state index in [-0.39, 0.29) is 5.91 Å². The Morgan fingerprint density at radius 3 is 2.55 bits per heavy atom. The third-order valence-electron chi connectivity index (χ3n) is 3.34. The van der Waals surface area contributed by atoms with E-state index in [0.717, 1.165) is 50.4 Å². The van der Waals surface area contributed by atoms with Gasteiger partial charge in [-0.25, -0.2) is 4.98 Å². The molecule has 1 aromatic rings. The van der Waals surface area contributed by atoms with Crippen LogP contribution in [0.2, 0.25) is 0 Å². The Labute approximate surface area is 119 Å². The van der Waals surface area contributed by atoms with E-state index < -0.39 is 0 Å². The van der Waals surface area contributed by atoms with Gasteiger partial charge in [-0.3, -0.25) is 15.0 Å². The molecule has 20 heavy (non-hydrogen) atoms. The molecule has 1 aromatic heterocycles. The van der Waals surface area contributed by atoms with Crippen molar-refractivity contribution in [3.05, 3.63) is 11.4 Å². The molecule has 0 radical (unpaired) electrons. The summed E-state index contributed by atoms with van der Waals surface area (Å²) in [6, 6.07) is 0. The minimum atomic E-state index is -0.0833. The highest BCUT2D eigenvalue weighted by molar-refractivity contribution is 5.90. The van der Waals surface area contributed by atoms with Gasteiger partial charge in [-0.05, 0) is 12.8 Å². The highest BCUT2D eigenvalue weighted by Crippen LogP contribution is 2.06. The molecule has 0 aliphatic carbocycles. The van der Waals surface area contributed by atoms with E-state index in [4.69, 9.17) is 0 Å². The van der Waals surface area contributed by atoms with E-state index in [9.17, 15) is 4.79 Å². The minimum absolute atomic E-state index is 0.0833. The van der Waals surface area contributed by atoms with Crippen LogP contribution in [0, 0.1) is 0 Å². The van der Waals surface area contributed by atoms with Gasteiger partial charge in [-0.15, -0.1) is 10.2 Å². The summed E-state index contributed by atoms with van der Waals surface area (Å²) in [5, 5.41) is 14.1. The van der Waals surface area contributed by atoms with Crippen molar-refractivity contribution in [3.8, 4) is 0 Å². The van der Waals surface area contributed by atoms with Crippen LogP contribution in [0.25, 0.3) is 0 Å². The number of hydrogen-bond donors (Lipinski definition) is 2. The van der Waals surface area contributed by atoms with Crippen molar-refractivity contribution in [1.82, 2.24) is 25.4 Å². The molecule has 0 unspecified atom stereocenters. The van der Waals surface area contributed by atoms with Gasteiger partial charge in [0, 0.05) is 26.2 Å². The number of anilines is 1. The van der Waals surface area contributed by atoms with Crippen LogP contribution in [0.1, 0.15) is 25.2 Å². The third-order valence-corrected chi connectivity index (χ3v) is 3.34. The van der Waals surface area contributed by atoms with E-state index in [0.29, 0.717) is 12.5 Å². The van der Waals surface area contributed by atoms with Crippen LogP contribution in [-0.4, -0.2) is 58.7 Å². The van der Waals surface area contributed by atoms with Gasteiger partial charge in [0.1, 0.15) is 0 Å². The van der Waals surface area contributed by atoms with E-state index in [1.807, 2.05) is 13.8 Å². The van der Waals surface area contributed by atoms with Crippen LogP contribution in [0.5, 0.6) is 0 Å². The van der Waals surface area contributed by atoms with Gasteiger partial charge < -0.3 is 5.32 Å². The molecule has 1 saturated heterocycles. The highest BCUT2D eigenvalue weighted by atomic mass is 16.2. The Bertz CT molecular complexity index is 458. The first-order chi connectivity index (χ1) is 9.72. The molecule has 0 saturated carbocycles. The zero-order chi connectivity index (χ0) is 14.4. The molecule has 7 heteroatoms. The molecule has 0 spiro atoms. The first-order valence-corrected chi connectivity index (χ1v) is 7.18. The maximum absolute atomic E-state index is 12.0. The molecule has 1 aliphatic heterocycles. The predicted molar refractivity (Wildman–Crippen MR) is 76.5 cm³/mol. The molecule has 110 valence electrons. The summed E-state index contributed by atoms with van der Waals surface area (Å²) in [4.78, 5) is 18.4. The second-order valence-corrected chi connectivity index (χ2v) is 4.81. The number of nitrogens with zero attached hydrogens (tertiary/aromatic N) is 4. The normalized spacial score (nSPS) is 16.1. The van der Waals surface area contributed by atoms with E-state index in [1.54, 1.807) is 0 Å². The summed E-state index contributed by atoms with van der Waals surface area (Å²) in [6.07, 6.45) is 1.59. The molecule has 1 amide bonds. The quantitative estimate of drug-likeness (QED) is 0.779. The van der Waals surface area contributed by atoms with Gasteiger partial charge in [0.05, 0.1) is 17.9 Å². The first-order valence-electron chi connectivity index (χ1n) is 7.18. The minimum Gasteiger partial charge on any atom is -0.314 e. The highest BCUT2D eigenvalue weighted by Gasteiger charge is 2.15. The zero-order valence-electron chi connectivity index (χ0n) is 12.1. The monoisotopic (exact) mass is 278 g/mol. The topological polar surface area (TPSA) is 83.0 Å². The predicted octanol–water partition coefficient (Wildman–Crippen LogP) is -0.160. The molecule has 2 heterocycles. The molecule has 2 rings (SSSR count). The van der Waals surface area contributed by atoms with Gasteiger partial charge in [0.2, 0.25) is 11.9 Å². The smallest absolute Gasteiger partial charge is 0.249 e. The summed E-state index contributed by atoms with van der Waals surface area (Å²) < 4.78 is 0. The average molecular weight is 278 g/mol. The fourth-order valence-corrected chi connectivity index (χ4v) is 2.23. The van der Waals surface area contributed by atoms with Crippen molar-refractivity contribution >= 4 is 11.9 Å². The van der Waals surface area contributed by atoms with Crippen LogP contribution >= 0.6 is 0 Å². The number of nitrogens with one attached hydrogen (secondary N) is 2. The first kappa shape index (κ1) is 14.8. The van der Waals surface area contributed by atoms with Gasteiger partial charge in [0.25, 0.3) is 0 Å². The van der Waals surface area contributed by atoms with Crippen molar-refractivity contribution in [2.45, 2.75) is 26.7 Å². The van der Waals surface area contributed by atoms with E-state index >= 15 is 0 Å². The van der Waals surface area contributed by atoms with Crippen molar-refractivity contribution in [1.29, 1.82) is 0 Å². The lowest BCUT2D eigenvalue weighted by Gasteiger charge is -2.26. The number of piperazine rings is 1. The number of rotatable bonds is 5. The van der Waals surface area contributed by atoms with Crippen LogP contribution < -0.4 is 10.6 Å². The number of carbonyl (C=O) groups excluding carboxylic acids is 1. The Morgan fingerprint density at radius 1 is 1.20 bits per heavy atom. The van der Waals surface area contributed by atoms with Crippen LogP contribution in [0.3, 0.4) is 0 Å². The Morgan fingerprint density at radius 2 is 1.90 bits per heavy atom. The maximum Gasteiger partial charge on any atom is 0.249 e. The molecule has 1 aliphatic rings. The number of hydrogen-bond acceptors (Lipinski definition) is 6. The van der Waals surface area contributed by atoms with Gasteiger partial charge in [0.15, 0.2) is 0 Å². The molecular weight excluding hydrogens is 256 g/mol. The average Bonchev–Trinajstić information content (AvgIpc) is 2.48. The Hall–Kier alpha value is -1.60. The second-order valence-electron chi connectivity index (χ2n) is 4.81. The van der Waals surface area contributed by atoms with Crippen molar-refractivity contribution in [2.24, 2.45) is 0 Å². The summed E-state index contributed by atoms with van der Waals surface area (Å²) in [7, 11) is 0.